The first-order chi connectivity index (χ1) is 12.9. The number of esters is 1. The second-order valence-corrected chi connectivity index (χ2v) is 8.19. The fraction of sp³-hybridized carbons (Fsp3) is 0.619. The number of hydrogen-bond donors (Lipinski definition) is 2. The van der Waals surface area contributed by atoms with E-state index in [0.29, 0.717) is 42.1 Å². The molecule has 27 heavy (non-hydrogen) atoms. The lowest BCUT2D eigenvalue weighted by atomic mass is 9.75. The summed E-state index contributed by atoms with van der Waals surface area (Å²) in [5.74, 6) is -0.0704. The Morgan fingerprint density at radius 3 is 3.04 bits per heavy atom. The number of rotatable bonds is 4. The summed E-state index contributed by atoms with van der Waals surface area (Å²) in [6, 6.07) is 0.770. The molecule has 1 aliphatic carbocycles. The molecule has 0 spiro atoms. The van der Waals surface area contributed by atoms with Gasteiger partial charge in [-0.3, -0.25) is 9.59 Å². The number of fused-ring (bicyclic) bond motifs is 3. The third kappa shape index (κ3) is 3.10. The van der Waals surface area contributed by atoms with Crippen LogP contribution in [0.4, 0.5) is 0 Å². The zero-order chi connectivity index (χ0) is 19.2. The molecule has 0 aromatic carbocycles. The molecule has 3 aliphatic heterocycles. The molecule has 0 radical (unpaired) electrons. The zero-order valence-corrected chi connectivity index (χ0v) is 16.0. The first-order valence-corrected chi connectivity index (χ1v) is 9.90. The van der Waals surface area contributed by atoms with Crippen molar-refractivity contribution in [2.24, 2.45) is 5.92 Å². The van der Waals surface area contributed by atoms with Crippen LogP contribution in [0, 0.1) is 5.92 Å². The fourth-order valence-corrected chi connectivity index (χ4v) is 5.12. The molecule has 6 heteroatoms. The molecule has 0 aromatic heterocycles. The number of aliphatic hydroxyl groups is 1. The lowest BCUT2D eigenvalue weighted by Gasteiger charge is -2.38. The van der Waals surface area contributed by atoms with E-state index in [1.165, 1.54) is 13.2 Å². The minimum atomic E-state index is -1.33. The summed E-state index contributed by atoms with van der Waals surface area (Å²) in [5.41, 5.74) is 1.09. The van der Waals surface area contributed by atoms with Crippen molar-refractivity contribution in [1.82, 2.24) is 10.2 Å². The highest BCUT2D eigenvalue weighted by Gasteiger charge is 2.46. The number of methoxy groups -OCH3 is 1. The first kappa shape index (κ1) is 18.3. The van der Waals surface area contributed by atoms with E-state index in [-0.39, 0.29) is 12.2 Å². The molecule has 0 aromatic rings. The second kappa shape index (κ2) is 6.82. The molecule has 0 saturated carbocycles. The average Bonchev–Trinajstić information content (AvgIpc) is 3.03. The third-order valence-electron chi connectivity index (χ3n) is 6.70. The molecule has 4 aliphatic rings. The van der Waals surface area contributed by atoms with Crippen LogP contribution in [0.5, 0.6) is 0 Å². The Morgan fingerprint density at radius 1 is 1.48 bits per heavy atom. The highest BCUT2D eigenvalue weighted by atomic mass is 16.5. The Bertz CT molecular complexity index is 753. The molecule has 146 valence electrons. The highest BCUT2D eigenvalue weighted by Crippen LogP contribution is 2.42. The van der Waals surface area contributed by atoms with E-state index in [4.69, 9.17) is 4.74 Å². The van der Waals surface area contributed by atoms with Gasteiger partial charge in [-0.15, -0.1) is 0 Å². The van der Waals surface area contributed by atoms with Crippen LogP contribution in [0.3, 0.4) is 0 Å². The van der Waals surface area contributed by atoms with Crippen LogP contribution in [0.1, 0.15) is 45.4 Å². The Kier molecular flexibility index (Phi) is 4.62. The van der Waals surface area contributed by atoms with Gasteiger partial charge in [-0.25, -0.2) is 0 Å². The SMILES string of the molecule is CCC(O)(CC(=O)OC)C1=CC(=O)C2=C(C1)CC1CN3C=CCCC3C1N2. The summed E-state index contributed by atoms with van der Waals surface area (Å²) in [6.07, 6.45) is 9.82. The van der Waals surface area contributed by atoms with Gasteiger partial charge in [0.1, 0.15) is 0 Å². The smallest absolute Gasteiger partial charge is 0.308 e. The van der Waals surface area contributed by atoms with Crippen molar-refractivity contribution in [3.05, 3.63) is 35.2 Å². The average molecular weight is 372 g/mol. The summed E-state index contributed by atoms with van der Waals surface area (Å²) in [5, 5.41) is 14.6. The largest absolute Gasteiger partial charge is 0.469 e. The molecule has 0 amide bonds. The van der Waals surface area contributed by atoms with Gasteiger partial charge in [0.15, 0.2) is 0 Å². The van der Waals surface area contributed by atoms with E-state index in [0.717, 1.165) is 31.4 Å². The predicted molar refractivity (Wildman–Crippen MR) is 101 cm³/mol. The minimum Gasteiger partial charge on any atom is -0.469 e. The van der Waals surface area contributed by atoms with Crippen LogP contribution in [-0.4, -0.2) is 53.1 Å². The molecule has 2 N–H and O–H groups in total. The number of ketones is 1. The molecular formula is C21H28N2O4. The first-order valence-electron chi connectivity index (χ1n) is 9.90. The number of ether oxygens (including phenoxy) is 1. The number of carbonyl (C=O) groups is 2. The zero-order valence-electron chi connectivity index (χ0n) is 16.0. The topological polar surface area (TPSA) is 78.9 Å². The summed E-state index contributed by atoms with van der Waals surface area (Å²) < 4.78 is 4.74. The van der Waals surface area contributed by atoms with Gasteiger partial charge in [-0.2, -0.15) is 0 Å². The number of allylic oxidation sites excluding steroid dienone is 3. The normalized spacial score (nSPS) is 31.4. The Morgan fingerprint density at radius 2 is 2.30 bits per heavy atom. The van der Waals surface area contributed by atoms with E-state index < -0.39 is 11.6 Å². The molecule has 3 heterocycles. The van der Waals surface area contributed by atoms with Crippen LogP contribution in [0.2, 0.25) is 0 Å². The van der Waals surface area contributed by atoms with Gasteiger partial charge in [0.25, 0.3) is 0 Å². The molecule has 4 atom stereocenters. The van der Waals surface area contributed by atoms with Crippen molar-refractivity contribution in [3.63, 3.8) is 0 Å². The number of carbonyl (C=O) groups excluding carboxylic acids is 2. The maximum absolute atomic E-state index is 12.9. The van der Waals surface area contributed by atoms with E-state index in [1.54, 1.807) is 0 Å². The van der Waals surface area contributed by atoms with Crippen LogP contribution < -0.4 is 5.32 Å². The lowest BCUT2D eigenvalue weighted by molar-refractivity contribution is -0.145. The number of nitrogens with one attached hydrogen (secondary N) is 1. The molecular weight excluding hydrogens is 344 g/mol. The summed E-state index contributed by atoms with van der Waals surface area (Å²) in [7, 11) is 1.31. The van der Waals surface area contributed by atoms with Crippen molar-refractivity contribution in [1.29, 1.82) is 0 Å². The molecule has 4 unspecified atom stereocenters. The van der Waals surface area contributed by atoms with E-state index in [2.05, 4.69) is 22.5 Å². The maximum Gasteiger partial charge on any atom is 0.308 e. The molecule has 6 nitrogen and oxygen atoms in total. The quantitative estimate of drug-likeness (QED) is 0.733. The fourth-order valence-electron chi connectivity index (χ4n) is 5.12. The van der Waals surface area contributed by atoms with Crippen molar-refractivity contribution < 1.29 is 19.4 Å². The Labute approximate surface area is 159 Å². The van der Waals surface area contributed by atoms with Crippen molar-refractivity contribution >= 4 is 11.8 Å². The van der Waals surface area contributed by atoms with Gasteiger partial charge < -0.3 is 20.1 Å². The molecule has 0 bridgehead atoms. The van der Waals surface area contributed by atoms with E-state index in [9.17, 15) is 14.7 Å². The van der Waals surface area contributed by atoms with Crippen LogP contribution in [0.15, 0.2) is 35.2 Å². The summed E-state index contributed by atoms with van der Waals surface area (Å²) in [6.45, 7) is 2.83. The van der Waals surface area contributed by atoms with Gasteiger partial charge in [0, 0.05) is 18.5 Å². The second-order valence-electron chi connectivity index (χ2n) is 8.19. The van der Waals surface area contributed by atoms with Gasteiger partial charge in [-0.05, 0) is 55.5 Å². The molecule has 1 saturated heterocycles. The van der Waals surface area contributed by atoms with Crippen LogP contribution >= 0.6 is 0 Å². The lowest BCUT2D eigenvalue weighted by Crippen LogP contribution is -2.48. The maximum atomic E-state index is 12.9. The standard InChI is InChI=1S/C21H28N2O4/c1-3-21(26,11-18(25)27-2)15-9-13-8-14-12-23-7-5-4-6-16(23)19(14)22-20(13)17(24)10-15/h5,7,10,14,16,19,22,26H,3-4,6,8-9,11-12H2,1-2H3. The summed E-state index contributed by atoms with van der Waals surface area (Å²) >= 11 is 0. The minimum absolute atomic E-state index is 0.0776. The molecule has 4 rings (SSSR count). The van der Waals surface area contributed by atoms with Crippen molar-refractivity contribution in [2.75, 3.05) is 13.7 Å². The van der Waals surface area contributed by atoms with Gasteiger partial charge in [0.05, 0.1) is 30.9 Å². The monoisotopic (exact) mass is 372 g/mol. The Balaban J connectivity index is 1.55. The number of hydrogen-bond acceptors (Lipinski definition) is 6. The van der Waals surface area contributed by atoms with Gasteiger partial charge in [0.2, 0.25) is 5.78 Å². The molecule has 1 fully saturated rings. The highest BCUT2D eigenvalue weighted by molar-refractivity contribution is 6.06. The van der Waals surface area contributed by atoms with Gasteiger partial charge >= 0.3 is 5.97 Å². The van der Waals surface area contributed by atoms with Crippen LogP contribution in [-0.2, 0) is 14.3 Å². The van der Waals surface area contributed by atoms with Gasteiger partial charge in [-0.1, -0.05) is 13.0 Å². The number of nitrogens with zero attached hydrogens (tertiary/aromatic N) is 1. The van der Waals surface area contributed by atoms with E-state index >= 15 is 0 Å². The van der Waals surface area contributed by atoms with Crippen LogP contribution in [0.25, 0.3) is 0 Å². The summed E-state index contributed by atoms with van der Waals surface area (Å²) in [4.78, 5) is 27.0. The van der Waals surface area contributed by atoms with Crippen molar-refractivity contribution in [3.8, 4) is 0 Å². The van der Waals surface area contributed by atoms with Crippen molar-refractivity contribution in [2.45, 2.75) is 63.1 Å². The Hall–Kier alpha value is -2.08. The third-order valence-corrected chi connectivity index (χ3v) is 6.70. The predicted octanol–water partition coefficient (Wildman–Crippen LogP) is 1.81. The van der Waals surface area contributed by atoms with E-state index in [1.807, 2.05) is 6.92 Å².